The van der Waals surface area contributed by atoms with Gasteiger partial charge in [0, 0.05) is 31.7 Å². The lowest BCUT2D eigenvalue weighted by atomic mass is 9.89. The SMILES string of the molecule is Cn1c(C(=O)N2C[C@H](C(=O)O)[C@@H](c3ccccc3)C2)ccc1-c1ccccc1. The van der Waals surface area contributed by atoms with Crippen LogP contribution >= 0.6 is 0 Å². The lowest BCUT2D eigenvalue weighted by molar-refractivity contribution is -0.141. The van der Waals surface area contributed by atoms with Gasteiger partial charge in [-0.1, -0.05) is 60.7 Å². The highest BCUT2D eigenvalue weighted by molar-refractivity contribution is 5.94. The molecule has 4 rings (SSSR count). The van der Waals surface area contributed by atoms with Crippen LogP contribution in [0, 0.1) is 5.92 Å². The maximum absolute atomic E-state index is 13.2. The first-order valence-electron chi connectivity index (χ1n) is 9.34. The molecule has 2 heterocycles. The molecule has 1 aromatic heterocycles. The first kappa shape index (κ1) is 18.0. The molecule has 5 heteroatoms. The van der Waals surface area contributed by atoms with Crippen molar-refractivity contribution in [1.82, 2.24) is 9.47 Å². The van der Waals surface area contributed by atoms with E-state index < -0.39 is 11.9 Å². The number of carboxylic acid groups (broad SMARTS) is 1. The van der Waals surface area contributed by atoms with Crippen molar-refractivity contribution in [2.24, 2.45) is 13.0 Å². The molecule has 142 valence electrons. The molecule has 2 aromatic carbocycles. The van der Waals surface area contributed by atoms with Crippen LogP contribution < -0.4 is 0 Å². The summed E-state index contributed by atoms with van der Waals surface area (Å²) < 4.78 is 1.88. The van der Waals surface area contributed by atoms with Gasteiger partial charge in [0.05, 0.1) is 5.92 Å². The maximum atomic E-state index is 13.2. The molecule has 1 fully saturated rings. The molecule has 0 unspecified atom stereocenters. The molecule has 2 atom stereocenters. The van der Waals surface area contributed by atoms with Gasteiger partial charge in [-0.05, 0) is 23.3 Å². The average Bonchev–Trinajstić information content (AvgIpc) is 3.33. The molecule has 1 aliphatic heterocycles. The Morgan fingerprint density at radius 3 is 2.18 bits per heavy atom. The molecule has 0 saturated carbocycles. The van der Waals surface area contributed by atoms with Gasteiger partial charge in [0.2, 0.25) is 0 Å². The lowest BCUT2D eigenvalue weighted by Crippen LogP contribution is -2.31. The van der Waals surface area contributed by atoms with E-state index in [0.29, 0.717) is 12.2 Å². The zero-order valence-electron chi connectivity index (χ0n) is 15.7. The van der Waals surface area contributed by atoms with E-state index in [1.807, 2.05) is 84.4 Å². The van der Waals surface area contributed by atoms with Crippen molar-refractivity contribution in [2.45, 2.75) is 5.92 Å². The fourth-order valence-corrected chi connectivity index (χ4v) is 4.04. The highest BCUT2D eigenvalue weighted by Crippen LogP contribution is 2.34. The number of aliphatic carboxylic acids is 1. The minimum atomic E-state index is -0.860. The van der Waals surface area contributed by atoms with E-state index in [0.717, 1.165) is 16.8 Å². The molecule has 28 heavy (non-hydrogen) atoms. The molecule has 0 bridgehead atoms. The molecule has 3 aromatic rings. The van der Waals surface area contributed by atoms with Crippen molar-refractivity contribution in [3.8, 4) is 11.3 Å². The van der Waals surface area contributed by atoms with Gasteiger partial charge in [0.15, 0.2) is 0 Å². The van der Waals surface area contributed by atoms with Gasteiger partial charge in [-0.15, -0.1) is 0 Å². The van der Waals surface area contributed by atoms with Crippen LogP contribution in [0.4, 0.5) is 0 Å². The average molecular weight is 374 g/mol. The molecule has 0 aliphatic carbocycles. The standard InChI is InChI=1S/C23H22N2O3/c1-24-20(17-10-6-3-7-11-17)12-13-21(24)22(26)25-14-18(19(15-25)23(27)28)16-8-4-2-5-9-16/h2-13,18-19H,14-15H2,1H3,(H,27,28)/t18-,19+/m1/s1. The van der Waals surface area contributed by atoms with E-state index in [2.05, 4.69) is 0 Å². The molecule has 0 radical (unpaired) electrons. The third-order valence-electron chi connectivity index (χ3n) is 5.56. The summed E-state index contributed by atoms with van der Waals surface area (Å²) in [5.74, 6) is -1.79. The highest BCUT2D eigenvalue weighted by atomic mass is 16.4. The van der Waals surface area contributed by atoms with Crippen molar-refractivity contribution >= 4 is 11.9 Å². The van der Waals surface area contributed by atoms with Gasteiger partial charge >= 0.3 is 5.97 Å². The Bertz CT molecular complexity index is 995. The number of likely N-dealkylation sites (tertiary alicyclic amines) is 1. The molecule has 1 N–H and O–H groups in total. The van der Waals surface area contributed by atoms with E-state index >= 15 is 0 Å². The topological polar surface area (TPSA) is 62.5 Å². The van der Waals surface area contributed by atoms with Crippen molar-refractivity contribution in [3.05, 3.63) is 84.1 Å². The summed E-state index contributed by atoms with van der Waals surface area (Å²) >= 11 is 0. The quantitative estimate of drug-likeness (QED) is 0.758. The van der Waals surface area contributed by atoms with Crippen molar-refractivity contribution in [1.29, 1.82) is 0 Å². The summed E-state index contributed by atoms with van der Waals surface area (Å²) in [6.07, 6.45) is 0. The van der Waals surface area contributed by atoms with Crippen LogP contribution in [0.2, 0.25) is 0 Å². The van der Waals surface area contributed by atoms with E-state index in [9.17, 15) is 14.7 Å². The van der Waals surface area contributed by atoms with Crippen LogP contribution in [0.1, 0.15) is 22.0 Å². The number of carboxylic acids is 1. The summed E-state index contributed by atoms with van der Waals surface area (Å²) in [4.78, 5) is 26.6. The number of hydrogen-bond acceptors (Lipinski definition) is 2. The maximum Gasteiger partial charge on any atom is 0.308 e. The Hall–Kier alpha value is -3.34. The van der Waals surface area contributed by atoms with Gasteiger partial charge in [-0.2, -0.15) is 0 Å². The third kappa shape index (κ3) is 3.20. The van der Waals surface area contributed by atoms with Crippen molar-refractivity contribution in [3.63, 3.8) is 0 Å². The smallest absolute Gasteiger partial charge is 0.308 e. The fourth-order valence-electron chi connectivity index (χ4n) is 4.04. The number of carbonyl (C=O) groups excluding carboxylic acids is 1. The largest absolute Gasteiger partial charge is 0.481 e. The predicted octanol–water partition coefficient (Wildman–Crippen LogP) is 3.63. The summed E-state index contributed by atoms with van der Waals surface area (Å²) in [6.45, 7) is 0.630. The van der Waals surface area contributed by atoms with E-state index in [4.69, 9.17) is 0 Å². The number of hydrogen-bond donors (Lipinski definition) is 1. The van der Waals surface area contributed by atoms with Gasteiger partial charge in [0.25, 0.3) is 5.91 Å². The Morgan fingerprint density at radius 2 is 1.54 bits per heavy atom. The van der Waals surface area contributed by atoms with Gasteiger partial charge < -0.3 is 14.6 Å². The van der Waals surface area contributed by atoms with Crippen LogP contribution in [0.15, 0.2) is 72.8 Å². The minimum Gasteiger partial charge on any atom is -0.481 e. The Morgan fingerprint density at radius 1 is 0.893 bits per heavy atom. The number of amides is 1. The predicted molar refractivity (Wildman–Crippen MR) is 107 cm³/mol. The normalized spacial score (nSPS) is 19.0. The van der Waals surface area contributed by atoms with Gasteiger partial charge in [-0.25, -0.2) is 0 Å². The zero-order valence-corrected chi connectivity index (χ0v) is 15.7. The third-order valence-corrected chi connectivity index (χ3v) is 5.56. The van der Waals surface area contributed by atoms with Crippen LogP contribution in [0.5, 0.6) is 0 Å². The van der Waals surface area contributed by atoms with Crippen LogP contribution in [0.3, 0.4) is 0 Å². The monoisotopic (exact) mass is 374 g/mol. The molecule has 0 spiro atoms. The fraction of sp³-hybridized carbons (Fsp3) is 0.217. The number of benzene rings is 2. The van der Waals surface area contributed by atoms with Crippen molar-refractivity contribution < 1.29 is 14.7 Å². The first-order chi connectivity index (χ1) is 13.6. The molecule has 1 amide bonds. The number of carbonyl (C=O) groups is 2. The van der Waals surface area contributed by atoms with Crippen LogP contribution in [-0.4, -0.2) is 39.5 Å². The van der Waals surface area contributed by atoms with Crippen LogP contribution in [-0.2, 0) is 11.8 Å². The molecule has 1 aliphatic rings. The second-order valence-electron chi connectivity index (χ2n) is 7.20. The Balaban J connectivity index is 1.61. The summed E-state index contributed by atoms with van der Waals surface area (Å²) in [5.41, 5.74) is 3.52. The molecular formula is C23H22N2O3. The molecule has 1 saturated heterocycles. The highest BCUT2D eigenvalue weighted by Gasteiger charge is 2.41. The lowest BCUT2D eigenvalue weighted by Gasteiger charge is -2.17. The van der Waals surface area contributed by atoms with Crippen LogP contribution in [0.25, 0.3) is 11.3 Å². The van der Waals surface area contributed by atoms with E-state index in [1.54, 1.807) is 4.90 Å². The first-order valence-corrected chi connectivity index (χ1v) is 9.34. The number of aromatic nitrogens is 1. The second-order valence-corrected chi connectivity index (χ2v) is 7.20. The summed E-state index contributed by atoms with van der Waals surface area (Å²) in [5, 5.41) is 9.68. The molecule has 5 nitrogen and oxygen atoms in total. The van der Waals surface area contributed by atoms with Gasteiger partial charge in [0.1, 0.15) is 5.69 Å². The summed E-state index contributed by atoms with van der Waals surface area (Å²) in [7, 11) is 1.87. The molecular weight excluding hydrogens is 352 g/mol. The van der Waals surface area contributed by atoms with E-state index in [1.165, 1.54) is 0 Å². The van der Waals surface area contributed by atoms with Crippen molar-refractivity contribution in [2.75, 3.05) is 13.1 Å². The Labute approximate surface area is 163 Å². The number of nitrogens with zero attached hydrogens (tertiary/aromatic N) is 2. The second kappa shape index (κ2) is 7.35. The summed E-state index contributed by atoms with van der Waals surface area (Å²) in [6, 6.07) is 23.2. The Kier molecular flexibility index (Phi) is 4.74. The van der Waals surface area contributed by atoms with E-state index in [-0.39, 0.29) is 18.4 Å². The van der Waals surface area contributed by atoms with Gasteiger partial charge in [-0.3, -0.25) is 9.59 Å². The zero-order chi connectivity index (χ0) is 19.7. The minimum absolute atomic E-state index is 0.130. The number of rotatable bonds is 4.